The van der Waals surface area contributed by atoms with Crippen LogP contribution in [0.1, 0.15) is 61.8 Å². The fourth-order valence-corrected chi connectivity index (χ4v) is 5.37. The van der Waals surface area contributed by atoms with E-state index < -0.39 is 30.2 Å². The summed E-state index contributed by atoms with van der Waals surface area (Å²) in [7, 11) is 0. The lowest BCUT2D eigenvalue weighted by atomic mass is 9.88. The van der Waals surface area contributed by atoms with Crippen LogP contribution in [0.2, 0.25) is 0 Å². The van der Waals surface area contributed by atoms with Crippen molar-refractivity contribution in [2.75, 3.05) is 18.5 Å². The number of hydrogen-bond donors (Lipinski definition) is 1. The fourth-order valence-electron chi connectivity index (χ4n) is 3.95. The molecule has 1 aromatic carbocycles. The monoisotopic (exact) mass is 426 g/mol. The van der Waals surface area contributed by atoms with Crippen molar-refractivity contribution in [3.05, 3.63) is 51.4 Å². The van der Waals surface area contributed by atoms with Gasteiger partial charge < -0.3 is 10.1 Å². The molecule has 0 saturated heterocycles. The summed E-state index contributed by atoms with van der Waals surface area (Å²) < 4.78 is 5.21. The van der Waals surface area contributed by atoms with Crippen LogP contribution in [0.25, 0.3) is 0 Å². The van der Waals surface area contributed by atoms with E-state index in [4.69, 9.17) is 4.74 Å². The lowest BCUT2D eigenvalue weighted by Crippen LogP contribution is -2.37. The molecular formula is C22H22N2O5S. The average Bonchev–Trinajstić information content (AvgIpc) is 3.18. The Balaban J connectivity index is 1.56. The first-order valence-electron chi connectivity index (χ1n) is 9.97. The number of fused-ring (bicyclic) bond motifs is 2. The third-order valence-electron chi connectivity index (χ3n) is 5.42. The third-order valence-corrected chi connectivity index (χ3v) is 6.59. The van der Waals surface area contributed by atoms with Gasteiger partial charge in [-0.1, -0.05) is 19.1 Å². The molecule has 3 amide bonds. The molecule has 1 aliphatic carbocycles. The van der Waals surface area contributed by atoms with Crippen molar-refractivity contribution in [2.45, 2.75) is 33.1 Å². The Kier molecular flexibility index (Phi) is 5.42. The second-order valence-corrected chi connectivity index (χ2v) is 8.67. The summed E-state index contributed by atoms with van der Waals surface area (Å²) >= 11 is 1.37. The number of amides is 3. The van der Waals surface area contributed by atoms with Crippen LogP contribution in [-0.2, 0) is 22.4 Å². The van der Waals surface area contributed by atoms with Gasteiger partial charge in [0, 0.05) is 4.88 Å². The standard InChI is InChI=1S/C22H22N2O5S/c1-3-29-22(28)18-15-9-8-12(2)10-16(15)30-19(18)23-17(25)11-24-20(26)13-6-4-5-7-14(13)21(24)27/h4-7,12H,3,8-11H2,1-2H3,(H,23,25). The SMILES string of the molecule is CCOC(=O)c1c(NC(=O)CN2C(=O)c3ccccc3C2=O)sc2c1CCC(C)C2. The molecule has 30 heavy (non-hydrogen) atoms. The van der Waals surface area contributed by atoms with Crippen molar-refractivity contribution in [3.63, 3.8) is 0 Å². The number of anilines is 1. The maximum Gasteiger partial charge on any atom is 0.341 e. The van der Waals surface area contributed by atoms with Gasteiger partial charge in [-0.2, -0.15) is 0 Å². The number of esters is 1. The normalized spacial score (nSPS) is 17.5. The van der Waals surface area contributed by atoms with E-state index in [1.807, 2.05) is 0 Å². The van der Waals surface area contributed by atoms with Gasteiger partial charge in [0.25, 0.3) is 11.8 Å². The molecule has 1 unspecified atom stereocenters. The van der Waals surface area contributed by atoms with E-state index in [1.54, 1.807) is 31.2 Å². The molecule has 1 atom stereocenters. The zero-order valence-electron chi connectivity index (χ0n) is 16.8. The molecule has 0 spiro atoms. The summed E-state index contributed by atoms with van der Waals surface area (Å²) in [4.78, 5) is 52.3. The second-order valence-electron chi connectivity index (χ2n) is 7.57. The van der Waals surface area contributed by atoms with Crippen molar-refractivity contribution >= 4 is 40.0 Å². The number of ether oxygens (including phenoxy) is 1. The molecule has 0 bridgehead atoms. The lowest BCUT2D eigenvalue weighted by molar-refractivity contribution is -0.116. The van der Waals surface area contributed by atoms with E-state index in [9.17, 15) is 19.2 Å². The first kappa shape index (κ1) is 20.3. The number of benzene rings is 1. The van der Waals surface area contributed by atoms with Crippen molar-refractivity contribution in [1.82, 2.24) is 4.90 Å². The van der Waals surface area contributed by atoms with Crippen LogP contribution in [0, 0.1) is 5.92 Å². The quantitative estimate of drug-likeness (QED) is 0.585. The zero-order valence-corrected chi connectivity index (χ0v) is 17.6. The number of nitrogens with zero attached hydrogens (tertiary/aromatic N) is 1. The first-order valence-corrected chi connectivity index (χ1v) is 10.8. The number of carbonyl (C=O) groups excluding carboxylic acids is 4. The van der Waals surface area contributed by atoms with Crippen LogP contribution in [0.15, 0.2) is 24.3 Å². The maximum atomic E-state index is 12.7. The van der Waals surface area contributed by atoms with E-state index in [0.29, 0.717) is 27.6 Å². The molecule has 156 valence electrons. The molecule has 1 N–H and O–H groups in total. The number of nitrogens with one attached hydrogen (secondary N) is 1. The van der Waals surface area contributed by atoms with Gasteiger partial charge in [0.1, 0.15) is 11.5 Å². The van der Waals surface area contributed by atoms with Gasteiger partial charge >= 0.3 is 5.97 Å². The molecule has 2 aliphatic rings. The van der Waals surface area contributed by atoms with Crippen LogP contribution >= 0.6 is 11.3 Å². The number of imide groups is 1. The van der Waals surface area contributed by atoms with E-state index in [1.165, 1.54) is 11.3 Å². The summed E-state index contributed by atoms with van der Waals surface area (Å²) in [5, 5.41) is 3.17. The van der Waals surface area contributed by atoms with Crippen molar-refractivity contribution in [3.8, 4) is 0 Å². The minimum Gasteiger partial charge on any atom is -0.462 e. The topological polar surface area (TPSA) is 92.8 Å². The minimum absolute atomic E-state index is 0.238. The highest BCUT2D eigenvalue weighted by Gasteiger charge is 2.37. The molecule has 0 radical (unpaired) electrons. The van der Waals surface area contributed by atoms with Gasteiger partial charge in [-0.15, -0.1) is 11.3 Å². The Morgan fingerprint density at radius 3 is 2.50 bits per heavy atom. The minimum atomic E-state index is -0.526. The molecule has 4 rings (SSSR count). The Hall–Kier alpha value is -3.00. The highest BCUT2D eigenvalue weighted by Crippen LogP contribution is 2.40. The van der Waals surface area contributed by atoms with Crippen LogP contribution in [0.3, 0.4) is 0 Å². The van der Waals surface area contributed by atoms with E-state index in [-0.39, 0.29) is 6.61 Å². The van der Waals surface area contributed by atoms with E-state index >= 15 is 0 Å². The lowest BCUT2D eigenvalue weighted by Gasteiger charge is -2.18. The number of rotatable bonds is 5. The Labute approximate surface area is 178 Å². The van der Waals surface area contributed by atoms with Crippen LogP contribution in [0.4, 0.5) is 5.00 Å². The third kappa shape index (κ3) is 3.52. The Bertz CT molecular complexity index is 1020. The number of thiophene rings is 1. The highest BCUT2D eigenvalue weighted by atomic mass is 32.1. The van der Waals surface area contributed by atoms with Crippen LogP contribution in [-0.4, -0.2) is 41.7 Å². The second kappa shape index (κ2) is 8.02. The molecule has 0 fully saturated rings. The molecule has 8 heteroatoms. The fraction of sp³-hybridized carbons (Fsp3) is 0.364. The maximum absolute atomic E-state index is 12.7. The summed E-state index contributed by atoms with van der Waals surface area (Å²) in [6.07, 6.45) is 2.58. The van der Waals surface area contributed by atoms with Gasteiger partial charge in [-0.25, -0.2) is 4.79 Å². The van der Waals surface area contributed by atoms with E-state index in [2.05, 4.69) is 12.2 Å². The summed E-state index contributed by atoms with van der Waals surface area (Å²) in [5.74, 6) is -1.46. The van der Waals surface area contributed by atoms with Crippen LogP contribution in [0.5, 0.6) is 0 Å². The van der Waals surface area contributed by atoms with Crippen molar-refractivity contribution in [1.29, 1.82) is 0 Å². The molecule has 1 aromatic heterocycles. The van der Waals surface area contributed by atoms with E-state index in [0.717, 1.165) is 34.6 Å². The number of carbonyl (C=O) groups is 4. The molecule has 1 aliphatic heterocycles. The summed E-state index contributed by atoms with van der Waals surface area (Å²) in [5.41, 5.74) is 1.93. The largest absolute Gasteiger partial charge is 0.462 e. The zero-order chi connectivity index (χ0) is 21.4. The van der Waals surface area contributed by atoms with Gasteiger partial charge in [-0.05, 0) is 49.8 Å². The predicted molar refractivity (Wildman–Crippen MR) is 112 cm³/mol. The molecule has 2 aromatic rings. The number of hydrogen-bond acceptors (Lipinski definition) is 6. The smallest absolute Gasteiger partial charge is 0.341 e. The van der Waals surface area contributed by atoms with Gasteiger partial charge in [0.05, 0.1) is 23.3 Å². The molecule has 7 nitrogen and oxygen atoms in total. The Morgan fingerprint density at radius 1 is 1.20 bits per heavy atom. The van der Waals surface area contributed by atoms with Gasteiger partial charge in [0.2, 0.25) is 5.91 Å². The predicted octanol–water partition coefficient (Wildman–Crippen LogP) is 3.28. The average molecular weight is 426 g/mol. The highest BCUT2D eigenvalue weighted by molar-refractivity contribution is 7.17. The summed E-state index contributed by atoms with van der Waals surface area (Å²) in [6, 6.07) is 6.49. The molecule has 0 saturated carbocycles. The summed E-state index contributed by atoms with van der Waals surface area (Å²) in [6.45, 7) is 3.72. The van der Waals surface area contributed by atoms with Crippen molar-refractivity contribution < 1.29 is 23.9 Å². The van der Waals surface area contributed by atoms with Gasteiger partial charge in [-0.3, -0.25) is 19.3 Å². The first-order chi connectivity index (χ1) is 14.4. The Morgan fingerprint density at radius 2 is 1.87 bits per heavy atom. The molecule has 2 heterocycles. The van der Waals surface area contributed by atoms with Crippen LogP contribution < -0.4 is 5.32 Å². The van der Waals surface area contributed by atoms with Crippen molar-refractivity contribution in [2.24, 2.45) is 5.92 Å². The molecular weight excluding hydrogens is 404 g/mol. The van der Waals surface area contributed by atoms with Gasteiger partial charge in [0.15, 0.2) is 0 Å².